The van der Waals surface area contributed by atoms with Crippen LogP contribution in [0, 0.1) is 0 Å². The zero-order valence-corrected chi connectivity index (χ0v) is 29.0. The number of esters is 1. The van der Waals surface area contributed by atoms with Crippen molar-refractivity contribution in [1.82, 2.24) is 9.13 Å². The molecule has 0 unspecified atom stereocenters. The second-order valence-corrected chi connectivity index (χ2v) is 15.9. The quantitative estimate of drug-likeness (QED) is 0.0990. The second kappa shape index (κ2) is 18.5. The van der Waals surface area contributed by atoms with E-state index >= 15 is 0 Å². The van der Waals surface area contributed by atoms with Crippen molar-refractivity contribution < 1.29 is 72.1 Å². The van der Waals surface area contributed by atoms with Gasteiger partial charge in [0.25, 0.3) is 0 Å². The van der Waals surface area contributed by atoms with Crippen molar-refractivity contribution in [2.24, 2.45) is 0 Å². The van der Waals surface area contributed by atoms with E-state index in [4.69, 9.17) is 31.3 Å². The van der Waals surface area contributed by atoms with Crippen molar-refractivity contribution in [2.75, 3.05) is 42.7 Å². The number of rotatable bonds is 16. The summed E-state index contributed by atoms with van der Waals surface area (Å²) in [5.41, 5.74) is -0.471. The summed E-state index contributed by atoms with van der Waals surface area (Å²) in [6.07, 6.45) is 10.7. The molecular formula is C24H45BrN4O10Si2. The van der Waals surface area contributed by atoms with E-state index in [0.717, 1.165) is 0 Å². The highest BCUT2D eigenvalue weighted by Crippen LogP contribution is 2.14. The Bertz CT molecular complexity index is 1020. The van der Waals surface area contributed by atoms with Gasteiger partial charge in [-0.05, 0) is 20.8 Å². The topological polar surface area (TPSA) is 139 Å². The van der Waals surface area contributed by atoms with E-state index in [0.29, 0.717) is 25.2 Å². The Hall–Kier alpha value is -1.97. The van der Waals surface area contributed by atoms with Crippen LogP contribution in [0.15, 0.2) is 37.4 Å². The summed E-state index contributed by atoms with van der Waals surface area (Å²) in [4.78, 5) is 22.2. The molecule has 0 aliphatic heterocycles. The molecule has 2 aromatic heterocycles. The molecule has 0 amide bonds. The van der Waals surface area contributed by atoms with Gasteiger partial charge in [-0.2, -0.15) is 0 Å². The van der Waals surface area contributed by atoms with Crippen molar-refractivity contribution in [1.29, 1.82) is 0 Å². The number of ether oxygens (including phenoxy) is 1. The third-order valence-electron chi connectivity index (χ3n) is 5.75. The molecule has 0 saturated heterocycles. The summed E-state index contributed by atoms with van der Waals surface area (Å²) in [5.74, 6) is -1.38. The molecule has 0 aliphatic rings. The first-order valence-corrected chi connectivity index (χ1v) is 16.5. The average Bonchev–Trinajstić information content (AvgIpc) is 3.54. The van der Waals surface area contributed by atoms with Crippen LogP contribution in [-0.2, 0) is 67.1 Å². The van der Waals surface area contributed by atoms with E-state index in [1.54, 1.807) is 65.9 Å². The first kappa shape index (κ1) is 39.0. The number of carbonyl (C=O) groups is 2. The third kappa shape index (κ3) is 14.2. The maximum atomic E-state index is 11.8. The van der Waals surface area contributed by atoms with Crippen LogP contribution in [-0.4, -0.2) is 86.9 Å². The summed E-state index contributed by atoms with van der Waals surface area (Å²) in [5, 5.41) is 10.4. The number of hydrogen-bond donors (Lipinski definition) is 0. The number of carboxylic acid groups (broad SMARTS) is 1. The largest absolute Gasteiger partial charge is 1.00 e. The molecule has 17 heteroatoms. The molecule has 0 saturated carbocycles. The predicted molar refractivity (Wildman–Crippen MR) is 143 cm³/mol. The maximum absolute atomic E-state index is 11.8. The molecule has 0 spiro atoms. The summed E-state index contributed by atoms with van der Waals surface area (Å²) in [6.45, 7) is 6.90. The molecule has 2 rings (SSSR count). The third-order valence-corrected chi connectivity index (χ3v) is 11.2. The lowest BCUT2D eigenvalue weighted by Crippen LogP contribution is -3.00. The Morgan fingerprint density at radius 1 is 0.732 bits per heavy atom. The van der Waals surface area contributed by atoms with Crippen LogP contribution in [0.5, 0.6) is 0 Å². The summed E-state index contributed by atoms with van der Waals surface area (Å²) in [6, 6.07) is 1.26. The minimum atomic E-state index is -2.58. The number of imidazole rings is 2. The highest BCUT2D eigenvalue weighted by atomic mass is 79.9. The molecule has 0 fully saturated rings. The number of aliphatic carboxylic acids is 1. The number of carbonyl (C=O) groups excluding carboxylic acids is 2. The standard InChI is InChI=1S/C14H27N2O5Si.C10H18N2O5Si.BrH/c1-14(2,3)21-13(17)11-16-8-7-15(12-16)9-10-22(18-4,19-5)20-6;1-15-18(16-2,17-3)7-6-11-4-5-12(9-11)8-10(13)14;/h7-8,12H,9-11H2,1-6H3;4-5,9H,6-8H2,1-3H3;1H/q+1;;/p-1. The zero-order chi connectivity index (χ0) is 30.4. The van der Waals surface area contributed by atoms with Gasteiger partial charge in [0.1, 0.15) is 36.9 Å². The van der Waals surface area contributed by atoms with Crippen LogP contribution in [0.4, 0.5) is 0 Å². The van der Waals surface area contributed by atoms with Crippen molar-refractivity contribution in [3.63, 3.8) is 0 Å². The summed E-state index contributed by atoms with van der Waals surface area (Å²) in [7, 11) is 4.31. The number of aryl methyl sites for hydroxylation is 2. The lowest BCUT2D eigenvalue weighted by Gasteiger charge is -2.23. The molecule has 2 aromatic rings. The smallest absolute Gasteiger partial charge is 0.504 e. The van der Waals surface area contributed by atoms with Crippen LogP contribution in [0.1, 0.15) is 20.8 Å². The number of hydrogen-bond acceptors (Lipinski definition) is 10. The summed E-state index contributed by atoms with van der Waals surface area (Å²) < 4.78 is 44.5. The van der Waals surface area contributed by atoms with Gasteiger partial charge in [-0.3, -0.25) is 0 Å². The molecule has 41 heavy (non-hydrogen) atoms. The zero-order valence-electron chi connectivity index (χ0n) is 25.5. The molecule has 2 heterocycles. The predicted octanol–water partition coefficient (Wildman–Crippen LogP) is -3.60. The molecule has 0 aromatic carbocycles. The Morgan fingerprint density at radius 3 is 1.41 bits per heavy atom. The fraction of sp³-hybridized carbons (Fsp3) is 0.667. The minimum Gasteiger partial charge on any atom is -1.00 e. The van der Waals surface area contributed by atoms with Crippen LogP contribution < -0.4 is 31.2 Å². The van der Waals surface area contributed by atoms with E-state index in [1.165, 1.54) is 4.57 Å². The molecule has 0 atom stereocenters. The molecule has 0 N–H and O–H groups in total. The number of carboxylic acids is 1. The van der Waals surface area contributed by atoms with Crippen LogP contribution in [0.25, 0.3) is 0 Å². The average molecular weight is 686 g/mol. The van der Waals surface area contributed by atoms with Crippen molar-refractivity contribution in [3.8, 4) is 0 Å². The van der Waals surface area contributed by atoms with Gasteiger partial charge in [0.15, 0.2) is 6.54 Å². The fourth-order valence-corrected chi connectivity index (χ4v) is 6.93. The first-order valence-electron chi connectivity index (χ1n) is 12.6. The highest BCUT2D eigenvalue weighted by Gasteiger charge is 2.39. The molecule has 0 bridgehead atoms. The normalized spacial score (nSPS) is 11.8. The Kier molecular flexibility index (Phi) is 17.7. The molecule has 0 aliphatic carbocycles. The highest BCUT2D eigenvalue weighted by molar-refractivity contribution is 6.60. The van der Waals surface area contributed by atoms with Gasteiger partial charge in [0, 0.05) is 42.7 Å². The Labute approximate surface area is 255 Å². The minimum absolute atomic E-state index is 0. The first-order chi connectivity index (χ1) is 18.8. The lowest BCUT2D eigenvalue weighted by atomic mass is 10.2. The molecule has 236 valence electrons. The summed E-state index contributed by atoms with van der Waals surface area (Å²) >= 11 is 0. The van der Waals surface area contributed by atoms with E-state index in [-0.39, 0.29) is 36.0 Å². The van der Waals surface area contributed by atoms with Crippen LogP contribution in [0.3, 0.4) is 0 Å². The van der Waals surface area contributed by atoms with Gasteiger partial charge in [-0.15, -0.1) is 0 Å². The Morgan fingerprint density at radius 2 is 1.10 bits per heavy atom. The van der Waals surface area contributed by atoms with Gasteiger partial charge in [0.05, 0.1) is 31.1 Å². The molecule has 0 radical (unpaired) electrons. The Balaban J connectivity index is 0.000000776. The molecular weight excluding hydrogens is 640 g/mol. The fourth-order valence-electron chi connectivity index (χ4n) is 3.65. The van der Waals surface area contributed by atoms with E-state index in [1.807, 2.05) is 48.6 Å². The van der Waals surface area contributed by atoms with Gasteiger partial charge >= 0.3 is 23.6 Å². The number of nitrogens with zero attached hydrogens (tertiary/aromatic N) is 4. The maximum Gasteiger partial charge on any atom is 0.504 e. The monoisotopic (exact) mass is 684 g/mol. The van der Waals surface area contributed by atoms with Gasteiger partial charge in [0.2, 0.25) is 12.7 Å². The molecule has 14 nitrogen and oxygen atoms in total. The van der Waals surface area contributed by atoms with E-state index in [9.17, 15) is 14.7 Å². The SMILES string of the molecule is CO[Si](CCn1cc[n+](CC(=O)OC(C)(C)C)c1)(OC)OC.CO[Si](CCn1cc[n+](CC(=O)[O-])c1)(OC)OC.[Br-]. The van der Waals surface area contributed by atoms with Crippen LogP contribution >= 0.6 is 0 Å². The van der Waals surface area contributed by atoms with Crippen LogP contribution in [0.2, 0.25) is 12.1 Å². The van der Waals surface area contributed by atoms with E-state index < -0.39 is 29.2 Å². The van der Waals surface area contributed by atoms with Gasteiger partial charge in [-0.25, -0.2) is 23.1 Å². The van der Waals surface area contributed by atoms with Crippen molar-refractivity contribution in [3.05, 3.63) is 37.4 Å². The van der Waals surface area contributed by atoms with E-state index in [2.05, 4.69) is 0 Å². The van der Waals surface area contributed by atoms with Gasteiger partial charge in [-0.1, -0.05) is 0 Å². The lowest BCUT2D eigenvalue weighted by molar-refractivity contribution is -0.690. The second-order valence-electron chi connectivity index (χ2n) is 9.70. The van der Waals surface area contributed by atoms with Crippen molar-refractivity contribution >= 4 is 29.5 Å². The number of aromatic nitrogens is 4. The van der Waals surface area contributed by atoms with Crippen molar-refractivity contribution in [2.45, 2.75) is 64.6 Å². The van der Waals surface area contributed by atoms with Gasteiger partial charge < -0.3 is 58.2 Å². The number of halogens is 1.